The summed E-state index contributed by atoms with van der Waals surface area (Å²) in [5, 5.41) is 9.13. The molecule has 1 fully saturated rings. The second-order valence-electron chi connectivity index (χ2n) is 5.98. The Bertz CT molecular complexity index is 701. The molecule has 8 heteroatoms. The molecule has 2 amide bonds. The van der Waals surface area contributed by atoms with Gasteiger partial charge in [-0.1, -0.05) is 0 Å². The van der Waals surface area contributed by atoms with Crippen molar-refractivity contribution in [3.8, 4) is 11.5 Å². The van der Waals surface area contributed by atoms with Crippen molar-refractivity contribution in [3.05, 3.63) is 23.3 Å². The molecule has 136 valence electrons. The number of ether oxygens (including phenoxy) is 2. The lowest BCUT2D eigenvalue weighted by Gasteiger charge is -2.38. The highest BCUT2D eigenvalue weighted by Crippen LogP contribution is 2.34. The van der Waals surface area contributed by atoms with Crippen molar-refractivity contribution >= 4 is 17.8 Å². The van der Waals surface area contributed by atoms with Gasteiger partial charge in [-0.05, 0) is 18.6 Å². The third-order valence-corrected chi connectivity index (χ3v) is 4.21. The fraction of sp³-hybridized carbons (Fsp3) is 0.471. The van der Waals surface area contributed by atoms with E-state index in [1.54, 1.807) is 20.2 Å². The molecule has 0 radical (unpaired) electrons. The predicted molar refractivity (Wildman–Crippen MR) is 89.0 cm³/mol. The van der Waals surface area contributed by atoms with Gasteiger partial charge >= 0.3 is 5.97 Å². The number of amides is 2. The van der Waals surface area contributed by atoms with Crippen molar-refractivity contribution in [1.82, 2.24) is 9.80 Å². The Labute approximate surface area is 145 Å². The van der Waals surface area contributed by atoms with Crippen LogP contribution in [0.4, 0.5) is 0 Å². The minimum absolute atomic E-state index is 0.0377. The molecule has 8 nitrogen and oxygen atoms in total. The minimum Gasteiger partial charge on any atom is -0.493 e. The van der Waals surface area contributed by atoms with Crippen LogP contribution >= 0.6 is 0 Å². The fourth-order valence-corrected chi connectivity index (χ4v) is 2.67. The van der Waals surface area contributed by atoms with Gasteiger partial charge in [-0.2, -0.15) is 0 Å². The Kier molecular flexibility index (Phi) is 5.51. The first-order valence-corrected chi connectivity index (χ1v) is 7.79. The van der Waals surface area contributed by atoms with Gasteiger partial charge in [0.2, 0.25) is 5.91 Å². The summed E-state index contributed by atoms with van der Waals surface area (Å²) in [5.74, 6) is -0.881. The Balaban J connectivity index is 2.40. The molecule has 1 N–H and O–H groups in total. The van der Waals surface area contributed by atoms with Crippen molar-refractivity contribution in [2.45, 2.75) is 18.9 Å². The zero-order chi connectivity index (χ0) is 18.7. The number of carboxylic acids is 1. The van der Waals surface area contributed by atoms with Crippen LogP contribution in [0.25, 0.3) is 0 Å². The molecular weight excluding hydrogens is 328 g/mol. The molecule has 0 bridgehead atoms. The maximum absolute atomic E-state index is 12.7. The first-order chi connectivity index (χ1) is 11.8. The highest BCUT2D eigenvalue weighted by molar-refractivity contribution is 5.98. The number of hydrogen-bond donors (Lipinski definition) is 1. The molecule has 1 aromatic rings. The number of likely N-dealkylation sites (tertiary alicyclic amines) is 1. The van der Waals surface area contributed by atoms with Crippen molar-refractivity contribution in [2.24, 2.45) is 0 Å². The van der Waals surface area contributed by atoms with Crippen molar-refractivity contribution in [2.75, 3.05) is 34.9 Å². The molecule has 0 spiro atoms. The second-order valence-corrected chi connectivity index (χ2v) is 5.98. The third-order valence-electron chi connectivity index (χ3n) is 4.21. The maximum atomic E-state index is 12.7. The zero-order valence-corrected chi connectivity index (χ0v) is 14.7. The molecule has 0 aromatic heterocycles. The number of hydrogen-bond acceptors (Lipinski definition) is 5. The highest BCUT2D eigenvalue weighted by atomic mass is 16.5. The van der Waals surface area contributed by atoms with Crippen LogP contribution in [0.1, 0.15) is 22.3 Å². The van der Waals surface area contributed by atoms with Gasteiger partial charge in [0, 0.05) is 31.8 Å². The standard InChI is InChI=1S/C17H22N2O6/c1-18(2)14(20)9-10-7-11(8-13(24-3)15(10)25-4)16(21)19-6-5-12(19)17(22)23/h7-8,12H,5-6,9H2,1-4H3,(H,22,23)/t12-/m1/s1. The van der Waals surface area contributed by atoms with E-state index in [-0.39, 0.29) is 17.9 Å². The summed E-state index contributed by atoms with van der Waals surface area (Å²) >= 11 is 0. The minimum atomic E-state index is -1.02. The number of carbonyl (C=O) groups excluding carboxylic acids is 2. The molecule has 1 saturated heterocycles. The van der Waals surface area contributed by atoms with Crippen LogP contribution in [-0.4, -0.2) is 73.6 Å². The summed E-state index contributed by atoms with van der Waals surface area (Å²) in [6.45, 7) is 0.385. The smallest absolute Gasteiger partial charge is 0.326 e. The Morgan fingerprint density at radius 1 is 1.24 bits per heavy atom. The molecule has 2 rings (SSSR count). The maximum Gasteiger partial charge on any atom is 0.326 e. The van der Waals surface area contributed by atoms with E-state index in [0.717, 1.165) is 0 Å². The van der Waals surface area contributed by atoms with Crippen LogP contribution in [0.3, 0.4) is 0 Å². The van der Waals surface area contributed by atoms with Gasteiger partial charge in [0.05, 0.1) is 20.6 Å². The highest BCUT2D eigenvalue weighted by Gasteiger charge is 2.38. The van der Waals surface area contributed by atoms with Crippen LogP contribution in [0.2, 0.25) is 0 Å². The number of benzene rings is 1. The molecule has 25 heavy (non-hydrogen) atoms. The summed E-state index contributed by atoms with van der Waals surface area (Å²) < 4.78 is 10.6. The van der Waals surface area contributed by atoms with Gasteiger partial charge in [-0.3, -0.25) is 9.59 Å². The van der Waals surface area contributed by atoms with E-state index in [0.29, 0.717) is 30.0 Å². The zero-order valence-electron chi connectivity index (χ0n) is 14.7. The molecule has 1 aliphatic heterocycles. The van der Waals surface area contributed by atoms with E-state index in [9.17, 15) is 14.4 Å². The number of nitrogens with zero attached hydrogens (tertiary/aromatic N) is 2. The van der Waals surface area contributed by atoms with Gasteiger partial charge in [-0.25, -0.2) is 4.79 Å². The molecule has 0 aliphatic carbocycles. The molecule has 0 saturated carbocycles. The molecular formula is C17H22N2O6. The lowest BCUT2D eigenvalue weighted by molar-refractivity contribution is -0.146. The normalized spacial score (nSPS) is 16.0. The van der Waals surface area contributed by atoms with E-state index in [2.05, 4.69) is 0 Å². The van der Waals surface area contributed by atoms with Crippen molar-refractivity contribution in [3.63, 3.8) is 0 Å². The van der Waals surface area contributed by atoms with Crippen LogP contribution in [0.5, 0.6) is 11.5 Å². The third kappa shape index (κ3) is 3.67. The van der Waals surface area contributed by atoms with Gasteiger partial charge in [-0.15, -0.1) is 0 Å². The summed E-state index contributed by atoms with van der Waals surface area (Å²) in [5.41, 5.74) is 0.779. The number of rotatable bonds is 6. The Hall–Kier alpha value is -2.77. The van der Waals surface area contributed by atoms with Crippen molar-refractivity contribution in [1.29, 1.82) is 0 Å². The van der Waals surface area contributed by atoms with Crippen LogP contribution in [0, 0.1) is 0 Å². The molecule has 1 heterocycles. The number of aliphatic carboxylic acids is 1. The Morgan fingerprint density at radius 3 is 2.36 bits per heavy atom. The van der Waals surface area contributed by atoms with Crippen molar-refractivity contribution < 1.29 is 29.0 Å². The van der Waals surface area contributed by atoms with Crippen LogP contribution < -0.4 is 9.47 Å². The van der Waals surface area contributed by atoms with Gasteiger partial charge < -0.3 is 24.4 Å². The lowest BCUT2D eigenvalue weighted by atomic mass is 9.99. The van der Waals surface area contributed by atoms with E-state index >= 15 is 0 Å². The monoisotopic (exact) mass is 350 g/mol. The SMILES string of the molecule is COc1cc(C(=O)N2CC[C@@H]2C(=O)O)cc(CC(=O)N(C)C)c1OC. The fourth-order valence-electron chi connectivity index (χ4n) is 2.67. The summed E-state index contributed by atoms with van der Waals surface area (Å²) in [6, 6.07) is 2.25. The quantitative estimate of drug-likeness (QED) is 0.808. The first kappa shape index (κ1) is 18.6. The summed E-state index contributed by atoms with van der Waals surface area (Å²) in [6.07, 6.45) is 0.469. The average molecular weight is 350 g/mol. The number of likely N-dealkylation sites (N-methyl/N-ethyl adjacent to an activating group) is 1. The molecule has 1 aromatic carbocycles. The van der Waals surface area contributed by atoms with Gasteiger partial charge in [0.1, 0.15) is 6.04 Å². The van der Waals surface area contributed by atoms with Gasteiger partial charge in [0.25, 0.3) is 5.91 Å². The number of carboxylic acid groups (broad SMARTS) is 1. The molecule has 0 unspecified atom stereocenters. The summed E-state index contributed by atoms with van der Waals surface area (Å²) in [4.78, 5) is 38.6. The topological polar surface area (TPSA) is 96.4 Å². The second kappa shape index (κ2) is 7.42. The molecule has 1 atom stereocenters. The van der Waals surface area contributed by atoms with E-state index in [1.165, 1.54) is 30.1 Å². The Morgan fingerprint density at radius 2 is 1.92 bits per heavy atom. The van der Waals surface area contributed by atoms with E-state index in [4.69, 9.17) is 14.6 Å². The average Bonchev–Trinajstić information content (AvgIpc) is 2.52. The van der Waals surface area contributed by atoms with Crippen LogP contribution in [0.15, 0.2) is 12.1 Å². The number of carbonyl (C=O) groups is 3. The van der Waals surface area contributed by atoms with Crippen LogP contribution in [-0.2, 0) is 16.0 Å². The molecule has 1 aliphatic rings. The van der Waals surface area contributed by atoms with E-state index in [1.807, 2.05) is 0 Å². The largest absolute Gasteiger partial charge is 0.493 e. The van der Waals surface area contributed by atoms with Gasteiger partial charge in [0.15, 0.2) is 11.5 Å². The van der Waals surface area contributed by atoms with E-state index < -0.39 is 17.9 Å². The number of methoxy groups -OCH3 is 2. The summed E-state index contributed by atoms with van der Waals surface area (Å²) in [7, 11) is 6.17. The first-order valence-electron chi connectivity index (χ1n) is 7.79. The lowest BCUT2D eigenvalue weighted by Crippen LogP contribution is -2.55. The predicted octanol–water partition coefficient (Wildman–Crippen LogP) is 0.634.